The molecule has 2 heterocycles. The zero-order valence-electron chi connectivity index (χ0n) is 11.5. The SMILES string of the molecule is C[C@@H]1CC[C](S(=O)(=O)c2ccccn2)C(=O)CN1C(N)=O. The number of Topliss-reactive ketones (excluding diaryl/α,β-unsaturated/α-hetero) is 1. The van der Waals surface area contributed by atoms with Crippen molar-refractivity contribution in [2.45, 2.75) is 30.8 Å². The second kappa shape index (κ2) is 5.80. The third-order valence-corrected chi connectivity index (χ3v) is 5.34. The maximum atomic E-state index is 12.5. The largest absolute Gasteiger partial charge is 0.351 e. The minimum absolute atomic E-state index is 0.0721. The van der Waals surface area contributed by atoms with Crippen LogP contribution in [0.25, 0.3) is 0 Å². The molecule has 1 saturated heterocycles. The molecule has 0 saturated carbocycles. The van der Waals surface area contributed by atoms with Gasteiger partial charge < -0.3 is 10.6 Å². The van der Waals surface area contributed by atoms with Crippen LogP contribution < -0.4 is 5.73 Å². The summed E-state index contributed by atoms with van der Waals surface area (Å²) in [5.74, 6) is -0.608. The maximum Gasteiger partial charge on any atom is 0.315 e. The highest BCUT2D eigenvalue weighted by Gasteiger charge is 2.40. The fourth-order valence-electron chi connectivity index (χ4n) is 2.25. The number of hydrogen-bond donors (Lipinski definition) is 1. The van der Waals surface area contributed by atoms with E-state index in [1.807, 2.05) is 0 Å². The number of pyridine rings is 1. The van der Waals surface area contributed by atoms with Gasteiger partial charge in [0, 0.05) is 12.2 Å². The van der Waals surface area contributed by atoms with Crippen molar-refractivity contribution in [2.24, 2.45) is 5.73 Å². The Labute approximate surface area is 123 Å². The highest BCUT2D eigenvalue weighted by atomic mass is 32.2. The van der Waals surface area contributed by atoms with Crippen molar-refractivity contribution in [1.29, 1.82) is 0 Å². The molecule has 0 unspecified atom stereocenters. The summed E-state index contributed by atoms with van der Waals surface area (Å²) in [6.07, 6.45) is 1.78. The molecule has 2 amide bonds. The number of amides is 2. The van der Waals surface area contributed by atoms with Gasteiger partial charge >= 0.3 is 6.03 Å². The lowest BCUT2D eigenvalue weighted by Crippen LogP contribution is -2.44. The highest BCUT2D eigenvalue weighted by Crippen LogP contribution is 2.29. The number of rotatable bonds is 2. The van der Waals surface area contributed by atoms with Crippen molar-refractivity contribution in [3.05, 3.63) is 29.6 Å². The summed E-state index contributed by atoms with van der Waals surface area (Å²) >= 11 is 0. The van der Waals surface area contributed by atoms with E-state index < -0.39 is 21.7 Å². The molecule has 7 nitrogen and oxygen atoms in total. The number of carbonyl (C=O) groups is 2. The van der Waals surface area contributed by atoms with Gasteiger partial charge in [-0.05, 0) is 31.9 Å². The number of nitrogens with zero attached hydrogens (tertiary/aromatic N) is 2. The Morgan fingerprint density at radius 1 is 1.43 bits per heavy atom. The van der Waals surface area contributed by atoms with Gasteiger partial charge in [-0.3, -0.25) is 4.79 Å². The van der Waals surface area contributed by atoms with E-state index in [-0.39, 0.29) is 29.3 Å². The van der Waals surface area contributed by atoms with Gasteiger partial charge in [0.2, 0.25) is 9.84 Å². The van der Waals surface area contributed by atoms with Gasteiger partial charge in [-0.1, -0.05) is 6.07 Å². The smallest absolute Gasteiger partial charge is 0.315 e. The van der Waals surface area contributed by atoms with E-state index in [0.717, 1.165) is 0 Å². The Balaban J connectivity index is 2.33. The third-order valence-electron chi connectivity index (χ3n) is 3.47. The van der Waals surface area contributed by atoms with E-state index in [2.05, 4.69) is 4.98 Å². The summed E-state index contributed by atoms with van der Waals surface area (Å²) in [6, 6.07) is 3.46. The summed E-state index contributed by atoms with van der Waals surface area (Å²) in [4.78, 5) is 28.5. The zero-order chi connectivity index (χ0) is 15.6. The molecule has 1 fully saturated rings. The third kappa shape index (κ3) is 3.05. The Bertz CT molecular complexity index is 645. The quantitative estimate of drug-likeness (QED) is 0.856. The Hall–Kier alpha value is -1.96. The van der Waals surface area contributed by atoms with Crippen LogP contribution in [0.3, 0.4) is 0 Å². The lowest BCUT2D eigenvalue weighted by atomic mass is 10.1. The fraction of sp³-hybridized carbons (Fsp3) is 0.385. The van der Waals surface area contributed by atoms with E-state index in [1.165, 1.54) is 17.2 Å². The van der Waals surface area contributed by atoms with Crippen LogP contribution in [0.4, 0.5) is 4.79 Å². The molecule has 0 bridgehead atoms. The summed E-state index contributed by atoms with van der Waals surface area (Å²) in [5.41, 5.74) is 5.22. The number of carbonyl (C=O) groups excluding carboxylic acids is 2. The van der Waals surface area contributed by atoms with Crippen LogP contribution in [0, 0.1) is 5.25 Å². The van der Waals surface area contributed by atoms with Crippen LogP contribution in [0.2, 0.25) is 0 Å². The van der Waals surface area contributed by atoms with Gasteiger partial charge in [-0.15, -0.1) is 0 Å². The standard InChI is InChI=1S/C13H16N3O4S/c1-9-5-6-11(10(17)8-16(9)13(14)18)21(19,20)12-4-2-3-7-15-12/h2-4,7,9H,5-6,8H2,1H3,(H2,14,18)/t9-/m1/s1. The second-order valence-electron chi connectivity index (χ2n) is 4.87. The Morgan fingerprint density at radius 2 is 2.14 bits per heavy atom. The molecule has 0 spiro atoms. The van der Waals surface area contributed by atoms with Crippen molar-refractivity contribution in [2.75, 3.05) is 6.54 Å². The molecule has 1 radical (unpaired) electrons. The molecule has 0 aromatic carbocycles. The molecular formula is C13H16N3O4S. The van der Waals surface area contributed by atoms with Crippen molar-refractivity contribution in [3.8, 4) is 0 Å². The van der Waals surface area contributed by atoms with Gasteiger partial charge in [0.05, 0.1) is 6.54 Å². The first-order valence-electron chi connectivity index (χ1n) is 6.45. The van der Waals surface area contributed by atoms with E-state index in [0.29, 0.717) is 6.42 Å². The van der Waals surface area contributed by atoms with Crippen molar-refractivity contribution >= 4 is 21.7 Å². The highest BCUT2D eigenvalue weighted by molar-refractivity contribution is 7.95. The Morgan fingerprint density at radius 3 is 2.71 bits per heavy atom. The van der Waals surface area contributed by atoms with Gasteiger partial charge in [-0.2, -0.15) is 0 Å². The molecule has 0 aliphatic carbocycles. The molecule has 1 atom stereocenters. The first-order valence-corrected chi connectivity index (χ1v) is 7.93. The minimum atomic E-state index is -3.93. The zero-order valence-corrected chi connectivity index (χ0v) is 12.3. The fourth-order valence-corrected chi connectivity index (χ4v) is 3.71. The number of hydrogen-bond acceptors (Lipinski definition) is 5. The molecule has 21 heavy (non-hydrogen) atoms. The first kappa shape index (κ1) is 15.4. The molecule has 1 aromatic rings. The number of likely N-dealkylation sites (tertiary alicyclic amines) is 1. The summed E-state index contributed by atoms with van der Waals surface area (Å²) < 4.78 is 25.0. The predicted octanol–water partition coefficient (Wildman–Crippen LogP) is 0.519. The van der Waals surface area contributed by atoms with Crippen molar-refractivity contribution in [3.63, 3.8) is 0 Å². The maximum absolute atomic E-state index is 12.5. The van der Waals surface area contributed by atoms with Gasteiger partial charge in [0.15, 0.2) is 16.1 Å². The van der Waals surface area contributed by atoms with Crippen LogP contribution in [0.15, 0.2) is 29.4 Å². The molecule has 113 valence electrons. The van der Waals surface area contributed by atoms with Crippen molar-refractivity contribution in [1.82, 2.24) is 9.88 Å². The molecule has 1 aliphatic heterocycles. The van der Waals surface area contributed by atoms with Gasteiger partial charge in [0.25, 0.3) is 0 Å². The molecular weight excluding hydrogens is 294 g/mol. The van der Waals surface area contributed by atoms with Crippen LogP contribution in [-0.4, -0.2) is 42.7 Å². The Kier molecular flexibility index (Phi) is 4.26. The molecule has 8 heteroatoms. The molecule has 2 rings (SSSR count). The van der Waals surface area contributed by atoms with Crippen LogP contribution in [0.1, 0.15) is 19.8 Å². The average Bonchev–Trinajstić information content (AvgIpc) is 2.59. The topological polar surface area (TPSA) is 110 Å². The van der Waals surface area contributed by atoms with E-state index in [1.54, 1.807) is 19.1 Å². The number of aromatic nitrogens is 1. The van der Waals surface area contributed by atoms with Crippen molar-refractivity contribution < 1.29 is 18.0 Å². The normalized spacial score (nSPS) is 21.1. The second-order valence-corrected chi connectivity index (χ2v) is 6.79. The number of sulfone groups is 1. The van der Waals surface area contributed by atoms with Gasteiger partial charge in [-0.25, -0.2) is 18.2 Å². The van der Waals surface area contributed by atoms with E-state index in [9.17, 15) is 18.0 Å². The van der Waals surface area contributed by atoms with Crippen LogP contribution in [0.5, 0.6) is 0 Å². The monoisotopic (exact) mass is 310 g/mol. The number of primary amides is 1. The van der Waals surface area contributed by atoms with E-state index >= 15 is 0 Å². The van der Waals surface area contributed by atoms with Crippen LogP contribution in [-0.2, 0) is 14.6 Å². The van der Waals surface area contributed by atoms with Crippen LogP contribution >= 0.6 is 0 Å². The summed E-state index contributed by atoms with van der Waals surface area (Å²) in [6.45, 7) is 1.41. The summed E-state index contributed by atoms with van der Waals surface area (Å²) in [7, 11) is -3.93. The van der Waals surface area contributed by atoms with E-state index in [4.69, 9.17) is 5.73 Å². The lowest BCUT2D eigenvalue weighted by Gasteiger charge is -2.23. The van der Waals surface area contributed by atoms with Gasteiger partial charge in [0.1, 0.15) is 0 Å². The minimum Gasteiger partial charge on any atom is -0.351 e. The summed E-state index contributed by atoms with van der Waals surface area (Å²) in [5, 5.41) is -0.370. The number of ketones is 1. The molecule has 1 aromatic heterocycles. The average molecular weight is 310 g/mol. The lowest BCUT2D eigenvalue weighted by molar-refractivity contribution is -0.116. The number of urea groups is 1. The predicted molar refractivity (Wildman–Crippen MR) is 74.7 cm³/mol. The first-order chi connectivity index (χ1) is 9.84. The molecule has 1 aliphatic rings. The molecule has 2 N–H and O–H groups in total. The number of nitrogens with two attached hydrogens (primary N) is 1.